The van der Waals surface area contributed by atoms with E-state index in [1.165, 1.54) is 0 Å². The molecule has 0 aliphatic carbocycles. The predicted octanol–water partition coefficient (Wildman–Crippen LogP) is -2.04. The van der Waals surface area contributed by atoms with Crippen LogP contribution >= 0.6 is 12.6 Å². The van der Waals surface area contributed by atoms with Crippen molar-refractivity contribution in [1.82, 2.24) is 5.32 Å². The first-order chi connectivity index (χ1) is 10.1. The summed E-state index contributed by atoms with van der Waals surface area (Å²) in [4.78, 5) is 34.4. The Morgan fingerprint density at radius 1 is 1.27 bits per heavy atom. The SMILES string of the molecule is C[C@@H](S)C(=O)NCC(=O)O.NC(N)=NCCCC(N)C(=O)O. The van der Waals surface area contributed by atoms with Crippen molar-refractivity contribution in [3.8, 4) is 0 Å². The number of carboxylic acid groups (broad SMARTS) is 2. The maximum atomic E-state index is 10.6. The van der Waals surface area contributed by atoms with Gasteiger partial charge < -0.3 is 32.7 Å². The third kappa shape index (κ3) is 16.0. The highest BCUT2D eigenvalue weighted by Gasteiger charge is 2.09. The summed E-state index contributed by atoms with van der Waals surface area (Å²) in [6.45, 7) is 1.65. The van der Waals surface area contributed by atoms with Crippen molar-refractivity contribution in [1.29, 1.82) is 0 Å². The van der Waals surface area contributed by atoms with Gasteiger partial charge in [-0.05, 0) is 19.8 Å². The van der Waals surface area contributed by atoms with E-state index in [2.05, 4.69) is 22.9 Å². The van der Waals surface area contributed by atoms with Crippen LogP contribution in [0.2, 0.25) is 0 Å². The smallest absolute Gasteiger partial charge is 0.322 e. The standard InChI is InChI=1S/C6H14N4O2.C5H9NO3S/c7-4(5(11)12)2-1-3-10-6(8)9;1-3(10)5(9)6-2-4(7)8/h4H,1-3,7H2,(H,11,12)(H4,8,9,10);3,10H,2H2,1H3,(H,6,9)(H,7,8)/t;3-/m.1/s1. The summed E-state index contributed by atoms with van der Waals surface area (Å²) in [6, 6.07) is -0.820. The van der Waals surface area contributed by atoms with Gasteiger partial charge in [0.1, 0.15) is 12.6 Å². The fourth-order valence-electron chi connectivity index (χ4n) is 0.953. The van der Waals surface area contributed by atoms with Gasteiger partial charge in [0.15, 0.2) is 5.96 Å². The molecule has 0 heterocycles. The van der Waals surface area contributed by atoms with Gasteiger partial charge >= 0.3 is 11.9 Å². The number of carbonyl (C=O) groups is 3. The Labute approximate surface area is 133 Å². The number of nitrogens with one attached hydrogen (secondary N) is 1. The average molecular weight is 337 g/mol. The minimum atomic E-state index is -1.05. The molecule has 0 spiro atoms. The van der Waals surface area contributed by atoms with Crippen molar-refractivity contribution in [2.45, 2.75) is 31.1 Å². The Morgan fingerprint density at radius 3 is 2.18 bits per heavy atom. The Bertz CT molecular complexity index is 398. The summed E-state index contributed by atoms with van der Waals surface area (Å²) in [7, 11) is 0. The molecule has 1 unspecified atom stereocenters. The second-order valence-electron chi connectivity index (χ2n) is 4.18. The van der Waals surface area contributed by atoms with Crippen molar-refractivity contribution in [2.24, 2.45) is 22.2 Å². The van der Waals surface area contributed by atoms with E-state index in [4.69, 9.17) is 27.4 Å². The molecular formula is C11H23N5O5S. The van der Waals surface area contributed by atoms with Crippen LogP contribution in [0.5, 0.6) is 0 Å². The zero-order chi connectivity index (χ0) is 17.7. The van der Waals surface area contributed by atoms with Crippen LogP contribution in [-0.2, 0) is 14.4 Å². The molecule has 0 bridgehead atoms. The van der Waals surface area contributed by atoms with E-state index in [9.17, 15) is 14.4 Å². The fraction of sp³-hybridized carbons (Fsp3) is 0.636. The van der Waals surface area contributed by atoms with E-state index in [0.717, 1.165) is 0 Å². The Balaban J connectivity index is 0. The second-order valence-corrected chi connectivity index (χ2v) is 4.96. The van der Waals surface area contributed by atoms with Gasteiger partial charge in [-0.15, -0.1) is 0 Å². The predicted molar refractivity (Wildman–Crippen MR) is 84.6 cm³/mol. The molecule has 9 N–H and O–H groups in total. The molecule has 0 saturated carbocycles. The molecule has 1 amide bonds. The summed E-state index contributed by atoms with van der Waals surface area (Å²) in [6.07, 6.45) is 0.956. The summed E-state index contributed by atoms with van der Waals surface area (Å²) < 4.78 is 0. The van der Waals surface area contributed by atoms with E-state index in [1.807, 2.05) is 0 Å². The largest absolute Gasteiger partial charge is 0.480 e. The van der Waals surface area contributed by atoms with Crippen molar-refractivity contribution in [3.05, 3.63) is 0 Å². The molecule has 10 nitrogen and oxygen atoms in total. The topological polar surface area (TPSA) is 194 Å². The number of hydrogen-bond acceptors (Lipinski definition) is 6. The molecular weight excluding hydrogens is 314 g/mol. The second kappa shape index (κ2) is 12.7. The summed E-state index contributed by atoms with van der Waals surface area (Å²) in [5, 5.41) is 18.2. The first-order valence-corrected chi connectivity index (χ1v) is 6.80. The van der Waals surface area contributed by atoms with Gasteiger partial charge in [-0.2, -0.15) is 12.6 Å². The lowest BCUT2D eigenvalue weighted by Gasteiger charge is -2.03. The van der Waals surface area contributed by atoms with Gasteiger partial charge in [-0.1, -0.05) is 0 Å². The summed E-state index contributed by atoms with van der Waals surface area (Å²) >= 11 is 3.79. The molecule has 0 aliphatic rings. The van der Waals surface area contributed by atoms with E-state index in [1.54, 1.807) is 6.92 Å². The highest BCUT2D eigenvalue weighted by atomic mass is 32.1. The number of nitrogens with zero attached hydrogens (tertiary/aromatic N) is 1. The summed E-state index contributed by atoms with van der Waals surface area (Å²) in [5.74, 6) is -2.41. The van der Waals surface area contributed by atoms with E-state index >= 15 is 0 Å². The van der Waals surface area contributed by atoms with Gasteiger partial charge in [-0.3, -0.25) is 19.4 Å². The van der Waals surface area contributed by atoms with Crippen LogP contribution in [0.15, 0.2) is 4.99 Å². The molecule has 0 radical (unpaired) electrons. The minimum absolute atomic E-state index is 0.0129. The first-order valence-electron chi connectivity index (χ1n) is 6.29. The van der Waals surface area contributed by atoms with Gasteiger partial charge in [0.2, 0.25) is 5.91 Å². The van der Waals surface area contributed by atoms with Crippen molar-refractivity contribution in [2.75, 3.05) is 13.1 Å². The summed E-state index contributed by atoms with van der Waals surface area (Å²) in [5.41, 5.74) is 15.3. The van der Waals surface area contributed by atoms with Crippen LogP contribution in [0.25, 0.3) is 0 Å². The molecule has 0 aliphatic heterocycles. The van der Waals surface area contributed by atoms with Gasteiger partial charge in [0.25, 0.3) is 0 Å². The van der Waals surface area contributed by atoms with Crippen molar-refractivity contribution >= 4 is 36.4 Å². The number of carbonyl (C=O) groups excluding carboxylic acids is 1. The molecule has 0 aromatic heterocycles. The number of rotatable bonds is 8. The van der Waals surface area contributed by atoms with Crippen LogP contribution in [0.4, 0.5) is 0 Å². The molecule has 22 heavy (non-hydrogen) atoms. The quantitative estimate of drug-likeness (QED) is 0.114. The van der Waals surface area contributed by atoms with Gasteiger partial charge in [0.05, 0.1) is 5.25 Å². The first kappa shape index (κ1) is 22.3. The lowest BCUT2D eigenvalue weighted by molar-refractivity contribution is -0.139. The number of thiol groups is 1. The zero-order valence-corrected chi connectivity index (χ0v) is 13.1. The Hall–Kier alpha value is -2.01. The molecule has 0 aromatic carbocycles. The molecule has 11 heteroatoms. The molecule has 0 saturated heterocycles. The number of hydrogen-bond donors (Lipinski definition) is 7. The maximum Gasteiger partial charge on any atom is 0.322 e. The van der Waals surface area contributed by atoms with Crippen LogP contribution in [0.3, 0.4) is 0 Å². The molecule has 128 valence electrons. The Morgan fingerprint density at radius 2 is 1.82 bits per heavy atom. The third-order valence-corrected chi connectivity index (χ3v) is 2.31. The monoisotopic (exact) mass is 337 g/mol. The van der Waals surface area contributed by atoms with Gasteiger partial charge in [0, 0.05) is 6.54 Å². The van der Waals surface area contributed by atoms with Crippen LogP contribution in [0, 0.1) is 0 Å². The fourth-order valence-corrected chi connectivity index (χ4v) is 1.04. The molecule has 2 atom stereocenters. The number of aliphatic imine (C=N–C) groups is 1. The number of amides is 1. The number of nitrogens with two attached hydrogens (primary N) is 3. The zero-order valence-electron chi connectivity index (χ0n) is 12.2. The molecule has 0 aromatic rings. The van der Waals surface area contributed by atoms with Crippen LogP contribution < -0.4 is 22.5 Å². The number of carboxylic acids is 2. The highest BCUT2D eigenvalue weighted by Crippen LogP contribution is 1.94. The molecule has 0 rings (SSSR count). The maximum absolute atomic E-state index is 10.6. The van der Waals surface area contributed by atoms with Crippen LogP contribution in [-0.4, -0.2) is 58.4 Å². The molecule has 0 fully saturated rings. The van der Waals surface area contributed by atoms with Crippen molar-refractivity contribution < 1.29 is 24.6 Å². The van der Waals surface area contributed by atoms with E-state index < -0.39 is 23.2 Å². The van der Waals surface area contributed by atoms with Gasteiger partial charge in [-0.25, -0.2) is 0 Å². The lowest BCUT2D eigenvalue weighted by Crippen LogP contribution is -2.33. The Kier molecular flexibility index (Phi) is 12.9. The highest BCUT2D eigenvalue weighted by molar-refractivity contribution is 7.81. The normalized spacial score (nSPS) is 12.1. The van der Waals surface area contributed by atoms with Crippen molar-refractivity contribution in [3.63, 3.8) is 0 Å². The third-order valence-electron chi connectivity index (χ3n) is 2.08. The van der Waals surface area contributed by atoms with E-state index in [0.29, 0.717) is 19.4 Å². The number of guanidine groups is 1. The average Bonchev–Trinajstić information content (AvgIpc) is 2.40. The minimum Gasteiger partial charge on any atom is -0.480 e. The van der Waals surface area contributed by atoms with E-state index in [-0.39, 0.29) is 18.4 Å². The lowest BCUT2D eigenvalue weighted by atomic mass is 10.2. The van der Waals surface area contributed by atoms with Crippen LogP contribution in [0.1, 0.15) is 19.8 Å². The number of aliphatic carboxylic acids is 2.